The summed E-state index contributed by atoms with van der Waals surface area (Å²) in [5.41, 5.74) is 1.03. The van der Waals surface area contributed by atoms with Crippen LogP contribution in [0.15, 0.2) is 12.4 Å². The fraction of sp³-hybridized carbons (Fsp3) is 0.667. The molecule has 0 atom stereocenters. The Kier molecular flexibility index (Phi) is 2.94. The topological polar surface area (TPSA) is 41.5 Å². The molecule has 0 bridgehead atoms. The number of nitrogens with zero attached hydrogens (tertiary/aromatic N) is 4. The summed E-state index contributed by atoms with van der Waals surface area (Å²) >= 11 is 0. The van der Waals surface area contributed by atoms with Gasteiger partial charge in [-0.1, -0.05) is 0 Å². The molecule has 0 aliphatic carbocycles. The van der Waals surface area contributed by atoms with E-state index in [-0.39, 0.29) is 0 Å². The third kappa shape index (κ3) is 2.25. The van der Waals surface area contributed by atoms with Crippen LogP contribution in [0.5, 0.6) is 0 Å². The van der Waals surface area contributed by atoms with Crippen LogP contribution in [0.4, 0.5) is 5.82 Å². The van der Waals surface area contributed by atoms with Crippen LogP contribution in [0.2, 0.25) is 0 Å². The van der Waals surface area contributed by atoms with Gasteiger partial charge in [-0.3, -0.25) is 4.90 Å². The molecule has 92 valence electrons. The fourth-order valence-electron chi connectivity index (χ4n) is 2.36. The lowest BCUT2D eigenvalue weighted by atomic mass is 10.2. The number of hydrogen-bond donors (Lipinski definition) is 0. The highest BCUT2D eigenvalue weighted by atomic mass is 16.5. The first kappa shape index (κ1) is 10.9. The SMILES string of the molecule is Cc1cc(N2CCN(C3COC3)CC2)ncn1. The third-order valence-corrected chi connectivity index (χ3v) is 3.56. The summed E-state index contributed by atoms with van der Waals surface area (Å²) in [6, 6.07) is 2.71. The van der Waals surface area contributed by atoms with E-state index in [9.17, 15) is 0 Å². The Morgan fingerprint density at radius 3 is 2.53 bits per heavy atom. The Balaban J connectivity index is 1.60. The van der Waals surface area contributed by atoms with E-state index in [1.165, 1.54) is 0 Å². The summed E-state index contributed by atoms with van der Waals surface area (Å²) in [5, 5.41) is 0. The van der Waals surface area contributed by atoms with Gasteiger partial charge in [0.2, 0.25) is 0 Å². The van der Waals surface area contributed by atoms with Crippen molar-refractivity contribution in [2.24, 2.45) is 0 Å². The molecule has 0 amide bonds. The molecule has 2 fully saturated rings. The maximum absolute atomic E-state index is 5.24. The van der Waals surface area contributed by atoms with Crippen LogP contribution in [0, 0.1) is 6.92 Å². The highest BCUT2D eigenvalue weighted by Crippen LogP contribution is 2.17. The van der Waals surface area contributed by atoms with Gasteiger partial charge in [0, 0.05) is 37.9 Å². The number of aryl methyl sites for hydroxylation is 1. The number of piperazine rings is 1. The van der Waals surface area contributed by atoms with Crippen LogP contribution < -0.4 is 4.90 Å². The molecule has 3 heterocycles. The summed E-state index contributed by atoms with van der Waals surface area (Å²) in [6.45, 7) is 8.14. The fourth-order valence-corrected chi connectivity index (χ4v) is 2.36. The minimum Gasteiger partial charge on any atom is -0.378 e. The Morgan fingerprint density at radius 1 is 1.18 bits per heavy atom. The molecule has 0 saturated carbocycles. The van der Waals surface area contributed by atoms with Gasteiger partial charge in [-0.2, -0.15) is 0 Å². The lowest BCUT2D eigenvalue weighted by molar-refractivity contribution is -0.0661. The largest absolute Gasteiger partial charge is 0.378 e. The molecule has 0 unspecified atom stereocenters. The van der Waals surface area contributed by atoms with E-state index in [0.717, 1.165) is 50.9 Å². The number of hydrogen-bond acceptors (Lipinski definition) is 5. The molecule has 2 saturated heterocycles. The first-order valence-electron chi connectivity index (χ1n) is 6.18. The van der Waals surface area contributed by atoms with Crippen molar-refractivity contribution in [2.45, 2.75) is 13.0 Å². The number of ether oxygens (including phenoxy) is 1. The zero-order valence-electron chi connectivity index (χ0n) is 10.2. The standard InChI is InChI=1S/C12H18N4O/c1-10-6-12(14-9-13-10)16-4-2-15(3-5-16)11-7-17-8-11/h6,9,11H,2-5,7-8H2,1H3. The summed E-state index contributed by atoms with van der Waals surface area (Å²) in [7, 11) is 0. The van der Waals surface area contributed by atoms with Crippen LogP contribution in [0.3, 0.4) is 0 Å². The molecular weight excluding hydrogens is 216 g/mol. The summed E-state index contributed by atoms with van der Waals surface area (Å²) < 4.78 is 5.24. The zero-order chi connectivity index (χ0) is 11.7. The maximum atomic E-state index is 5.24. The van der Waals surface area contributed by atoms with Gasteiger partial charge in [0.25, 0.3) is 0 Å². The number of aromatic nitrogens is 2. The van der Waals surface area contributed by atoms with Crippen LogP contribution in [0.1, 0.15) is 5.69 Å². The van der Waals surface area contributed by atoms with Crippen molar-refractivity contribution in [2.75, 3.05) is 44.3 Å². The van der Waals surface area contributed by atoms with Crippen LogP contribution in [0.25, 0.3) is 0 Å². The van der Waals surface area contributed by atoms with Crippen molar-refractivity contribution in [1.29, 1.82) is 0 Å². The quantitative estimate of drug-likeness (QED) is 0.736. The van der Waals surface area contributed by atoms with Crippen molar-refractivity contribution in [3.63, 3.8) is 0 Å². The molecule has 2 aliphatic rings. The van der Waals surface area contributed by atoms with Crippen LogP contribution in [-0.2, 0) is 4.74 Å². The van der Waals surface area contributed by atoms with Crippen LogP contribution >= 0.6 is 0 Å². The summed E-state index contributed by atoms with van der Waals surface area (Å²) in [4.78, 5) is 13.3. The molecule has 17 heavy (non-hydrogen) atoms. The van der Waals surface area contributed by atoms with Gasteiger partial charge in [0.05, 0.1) is 19.3 Å². The van der Waals surface area contributed by atoms with E-state index in [2.05, 4.69) is 25.8 Å². The Hall–Kier alpha value is -1.20. The van der Waals surface area contributed by atoms with Gasteiger partial charge < -0.3 is 9.64 Å². The number of rotatable bonds is 2. The second-order valence-electron chi connectivity index (χ2n) is 4.73. The smallest absolute Gasteiger partial charge is 0.132 e. The van der Waals surface area contributed by atoms with Crippen molar-refractivity contribution in [3.05, 3.63) is 18.1 Å². The monoisotopic (exact) mass is 234 g/mol. The zero-order valence-corrected chi connectivity index (χ0v) is 10.2. The van der Waals surface area contributed by atoms with Crippen molar-refractivity contribution < 1.29 is 4.74 Å². The average molecular weight is 234 g/mol. The Labute approximate surface area is 101 Å². The van der Waals surface area contributed by atoms with E-state index in [4.69, 9.17) is 4.74 Å². The van der Waals surface area contributed by atoms with E-state index in [1.807, 2.05) is 6.92 Å². The molecule has 5 nitrogen and oxygen atoms in total. The molecular formula is C12H18N4O. The average Bonchev–Trinajstić information content (AvgIpc) is 2.28. The number of anilines is 1. The molecule has 5 heteroatoms. The highest BCUT2D eigenvalue weighted by Gasteiger charge is 2.29. The molecule has 0 spiro atoms. The molecule has 2 aliphatic heterocycles. The van der Waals surface area contributed by atoms with E-state index in [0.29, 0.717) is 6.04 Å². The summed E-state index contributed by atoms with van der Waals surface area (Å²) in [5.74, 6) is 1.06. The van der Waals surface area contributed by atoms with Gasteiger partial charge in [0.15, 0.2) is 0 Å². The van der Waals surface area contributed by atoms with Crippen molar-refractivity contribution in [3.8, 4) is 0 Å². The predicted octanol–water partition coefficient (Wildman–Crippen LogP) is 0.306. The maximum Gasteiger partial charge on any atom is 0.132 e. The highest BCUT2D eigenvalue weighted by molar-refractivity contribution is 5.39. The van der Waals surface area contributed by atoms with Crippen LogP contribution in [-0.4, -0.2) is 60.3 Å². The molecule has 0 aromatic carbocycles. The van der Waals surface area contributed by atoms with Crippen molar-refractivity contribution in [1.82, 2.24) is 14.9 Å². The second-order valence-corrected chi connectivity index (χ2v) is 4.73. The molecule has 0 radical (unpaired) electrons. The Morgan fingerprint density at radius 2 is 1.94 bits per heavy atom. The van der Waals surface area contributed by atoms with Crippen molar-refractivity contribution >= 4 is 5.82 Å². The molecule has 1 aromatic rings. The normalized spacial score (nSPS) is 22.5. The second kappa shape index (κ2) is 4.58. The minimum atomic E-state index is 0.657. The van der Waals surface area contributed by atoms with Gasteiger partial charge in [-0.25, -0.2) is 9.97 Å². The first-order chi connectivity index (χ1) is 8.33. The predicted molar refractivity (Wildman–Crippen MR) is 65.2 cm³/mol. The molecule has 0 N–H and O–H groups in total. The van der Waals surface area contributed by atoms with Gasteiger partial charge in [-0.15, -0.1) is 0 Å². The Bertz CT molecular complexity index is 386. The van der Waals surface area contributed by atoms with E-state index >= 15 is 0 Å². The summed E-state index contributed by atoms with van der Waals surface area (Å²) in [6.07, 6.45) is 1.65. The third-order valence-electron chi connectivity index (χ3n) is 3.56. The molecule has 1 aromatic heterocycles. The van der Waals surface area contributed by atoms with Gasteiger partial charge >= 0.3 is 0 Å². The minimum absolute atomic E-state index is 0.657. The lowest BCUT2D eigenvalue weighted by Gasteiger charge is -2.42. The van der Waals surface area contributed by atoms with E-state index in [1.54, 1.807) is 6.33 Å². The lowest BCUT2D eigenvalue weighted by Crippen LogP contribution is -2.56. The molecule has 3 rings (SSSR count). The van der Waals surface area contributed by atoms with E-state index < -0.39 is 0 Å². The van der Waals surface area contributed by atoms with Gasteiger partial charge in [0.1, 0.15) is 12.1 Å². The van der Waals surface area contributed by atoms with Gasteiger partial charge in [-0.05, 0) is 6.92 Å². The first-order valence-corrected chi connectivity index (χ1v) is 6.18.